The van der Waals surface area contributed by atoms with E-state index in [-0.39, 0.29) is 25.5 Å². The molecule has 0 radical (unpaired) electrons. The molecule has 0 aliphatic carbocycles. The predicted octanol–water partition coefficient (Wildman–Crippen LogP) is 8.48. The summed E-state index contributed by atoms with van der Waals surface area (Å²) in [5, 5.41) is 3.59. The van der Waals surface area contributed by atoms with Crippen LogP contribution in [-0.2, 0) is 24.6 Å². The Morgan fingerprint density at radius 1 is 0.634 bits per heavy atom. The molecule has 12 heteroatoms. The van der Waals surface area contributed by atoms with Crippen molar-refractivity contribution >= 4 is 20.4 Å². The molecule has 0 bridgehead atoms. The Balaban J connectivity index is 2.42. The van der Waals surface area contributed by atoms with Crippen LogP contribution in [0.2, 0.25) is 0 Å². The smallest absolute Gasteiger partial charge is 0.378 e. The van der Waals surface area contributed by atoms with Crippen molar-refractivity contribution in [2.45, 2.75) is 84.6 Å². The predicted molar refractivity (Wildman–Crippen MR) is 146 cm³/mol. The maximum absolute atomic E-state index is 14.9. The Bertz CT molecular complexity index is 1400. The van der Waals surface area contributed by atoms with Crippen LogP contribution in [0.5, 0.6) is 0 Å². The van der Waals surface area contributed by atoms with E-state index in [9.17, 15) is 39.9 Å². The van der Waals surface area contributed by atoms with Crippen LogP contribution in [0.25, 0.3) is 0 Å². The number of aliphatic hydroxyl groups excluding tert-OH is 1. The van der Waals surface area contributed by atoms with Crippen molar-refractivity contribution in [3.05, 3.63) is 89.7 Å². The molecule has 3 rings (SSSR count). The van der Waals surface area contributed by atoms with Crippen LogP contribution in [-0.4, -0.2) is 31.1 Å². The van der Waals surface area contributed by atoms with Crippen molar-refractivity contribution in [1.29, 1.82) is 0 Å². The van der Waals surface area contributed by atoms with E-state index in [1.165, 1.54) is 24.3 Å². The van der Waals surface area contributed by atoms with Crippen LogP contribution in [0.1, 0.15) is 52.7 Å². The second-order valence-corrected chi connectivity index (χ2v) is 16.1. The first kappa shape index (κ1) is 33.0. The Morgan fingerprint density at radius 3 is 1.24 bits per heavy atom. The second-order valence-electron chi connectivity index (χ2n) is 11.6. The Kier molecular flexibility index (Phi) is 8.80. The topological polar surface area (TPSA) is 63.6 Å². The molecule has 0 spiro atoms. The zero-order chi connectivity index (χ0) is 31.2. The maximum Gasteiger partial charge on any atom is 0.421 e. The van der Waals surface area contributed by atoms with E-state index in [1.54, 1.807) is 24.3 Å². The third-order valence-electron chi connectivity index (χ3n) is 6.40. The highest BCUT2D eigenvalue weighted by Crippen LogP contribution is 2.71. The fraction of sp³-hybridized carbons (Fsp3) is 0.379. The maximum atomic E-state index is 14.9. The lowest BCUT2D eigenvalue weighted by Crippen LogP contribution is -2.50. The molecule has 1 atom stereocenters. The molecule has 0 heterocycles. The van der Waals surface area contributed by atoms with Gasteiger partial charge in [0.1, 0.15) is 5.82 Å². The lowest BCUT2D eigenvalue weighted by molar-refractivity contribution is -0.248. The number of halogens is 6. The highest BCUT2D eigenvalue weighted by Gasteiger charge is 2.65. The van der Waals surface area contributed by atoms with Crippen molar-refractivity contribution in [1.82, 2.24) is 0 Å². The highest BCUT2D eigenvalue weighted by atomic mass is 32.3. The van der Waals surface area contributed by atoms with E-state index < -0.39 is 43.8 Å². The zero-order valence-electron chi connectivity index (χ0n) is 23.3. The fourth-order valence-electron chi connectivity index (χ4n) is 3.95. The molecular formula is C29H32F6O4S2. The number of hydrogen-bond donors (Lipinski definition) is 1. The number of hydrogen-bond acceptors (Lipinski definition) is 4. The first-order valence-corrected chi connectivity index (χ1v) is 15.4. The summed E-state index contributed by atoms with van der Waals surface area (Å²) in [7, 11) is -10.3. The van der Waals surface area contributed by atoms with Gasteiger partial charge in [0.05, 0.1) is 0 Å². The molecule has 0 fully saturated rings. The standard InChI is InChI=1S/C29H32F6O4S2/c1-26(2,3)19-7-13-22(14-8-19)40(24-17-11-21(30)12-18-24,23-15-9-20(10-16-23)27(4,5)6)39-41(37,38)29(34,35)25(36)28(31,32)33/h7-18,25,36H,1-6H3. The molecule has 0 aliphatic heterocycles. The van der Waals surface area contributed by atoms with Gasteiger partial charge >= 0.3 is 21.5 Å². The average Bonchev–Trinajstić information content (AvgIpc) is 2.86. The van der Waals surface area contributed by atoms with Crippen LogP contribution in [0.3, 0.4) is 0 Å². The molecule has 226 valence electrons. The Hall–Kier alpha value is -2.54. The first-order valence-electron chi connectivity index (χ1n) is 12.4. The normalized spacial score (nSPS) is 15.0. The van der Waals surface area contributed by atoms with Crippen LogP contribution < -0.4 is 0 Å². The van der Waals surface area contributed by atoms with Crippen LogP contribution in [0, 0.1) is 5.82 Å². The fourth-order valence-corrected chi connectivity index (χ4v) is 9.11. The van der Waals surface area contributed by atoms with Crippen molar-refractivity contribution in [3.63, 3.8) is 0 Å². The molecule has 0 amide bonds. The number of aliphatic hydroxyl groups is 1. The molecule has 0 saturated heterocycles. The van der Waals surface area contributed by atoms with E-state index in [0.717, 1.165) is 35.4 Å². The molecule has 0 aromatic heterocycles. The van der Waals surface area contributed by atoms with Gasteiger partial charge in [-0.3, -0.25) is 0 Å². The van der Waals surface area contributed by atoms with Gasteiger partial charge in [0.2, 0.25) is 6.10 Å². The third-order valence-corrected chi connectivity index (χ3v) is 11.6. The van der Waals surface area contributed by atoms with Gasteiger partial charge in [0, 0.05) is 14.7 Å². The Labute approximate surface area is 238 Å². The van der Waals surface area contributed by atoms with Crippen LogP contribution in [0.4, 0.5) is 26.3 Å². The summed E-state index contributed by atoms with van der Waals surface area (Å²) in [5.41, 5.74) is 0.851. The molecule has 41 heavy (non-hydrogen) atoms. The molecule has 0 aliphatic rings. The monoisotopic (exact) mass is 622 g/mol. The minimum atomic E-state index is -6.49. The lowest BCUT2D eigenvalue weighted by atomic mass is 9.87. The molecule has 1 unspecified atom stereocenters. The zero-order valence-corrected chi connectivity index (χ0v) is 24.9. The molecule has 0 saturated carbocycles. The van der Waals surface area contributed by atoms with E-state index >= 15 is 0 Å². The molecule has 3 aromatic rings. The van der Waals surface area contributed by atoms with Gasteiger partial charge in [-0.2, -0.15) is 30.4 Å². The highest BCUT2D eigenvalue weighted by molar-refractivity contribution is 8.33. The quantitative estimate of drug-likeness (QED) is 0.269. The van der Waals surface area contributed by atoms with Crippen LogP contribution >= 0.6 is 10.3 Å². The van der Waals surface area contributed by atoms with Gasteiger partial charge in [0.15, 0.2) is 0 Å². The summed E-state index contributed by atoms with van der Waals surface area (Å²) < 4.78 is 115. The van der Waals surface area contributed by atoms with Crippen molar-refractivity contribution < 1.29 is 43.5 Å². The van der Waals surface area contributed by atoms with Crippen LogP contribution in [0.15, 0.2) is 87.5 Å². The van der Waals surface area contributed by atoms with E-state index in [0.29, 0.717) is 0 Å². The number of rotatable bonds is 7. The van der Waals surface area contributed by atoms with Gasteiger partial charge in [-0.25, -0.2) is 8.02 Å². The van der Waals surface area contributed by atoms with Gasteiger partial charge < -0.3 is 5.11 Å². The molecule has 1 N–H and O–H groups in total. The average molecular weight is 623 g/mol. The summed E-state index contributed by atoms with van der Waals surface area (Å²) in [4.78, 5) is 0.00905. The number of alkyl halides is 5. The first-order chi connectivity index (χ1) is 18.5. The minimum absolute atomic E-state index is 0.0430. The largest absolute Gasteiger partial charge is 0.421 e. The summed E-state index contributed by atoms with van der Waals surface area (Å²) in [6.45, 7) is 11.5. The minimum Gasteiger partial charge on any atom is -0.378 e. The van der Waals surface area contributed by atoms with Gasteiger partial charge in [-0.1, -0.05) is 65.8 Å². The van der Waals surface area contributed by atoms with Crippen molar-refractivity contribution in [3.8, 4) is 0 Å². The van der Waals surface area contributed by atoms with E-state index in [4.69, 9.17) is 3.63 Å². The summed E-state index contributed by atoms with van der Waals surface area (Å²) in [5.74, 6) is -0.728. The summed E-state index contributed by atoms with van der Waals surface area (Å²) >= 11 is 0. The van der Waals surface area contributed by atoms with Crippen molar-refractivity contribution in [2.75, 3.05) is 0 Å². The third kappa shape index (κ3) is 6.60. The van der Waals surface area contributed by atoms with Crippen molar-refractivity contribution in [2.24, 2.45) is 0 Å². The lowest BCUT2D eigenvalue weighted by Gasteiger charge is -2.41. The molecular weight excluding hydrogens is 590 g/mol. The number of benzene rings is 3. The van der Waals surface area contributed by atoms with Gasteiger partial charge in [-0.15, -0.1) is 0 Å². The van der Waals surface area contributed by atoms with Gasteiger partial charge in [0.25, 0.3) is 0 Å². The van der Waals surface area contributed by atoms with E-state index in [1.807, 2.05) is 41.5 Å². The Morgan fingerprint density at radius 2 is 0.951 bits per heavy atom. The van der Waals surface area contributed by atoms with Gasteiger partial charge in [-0.05, 0) is 80.8 Å². The molecule has 4 nitrogen and oxygen atoms in total. The SMILES string of the molecule is CC(C)(C)c1ccc(S(OS(=O)(=O)C(F)(F)C(O)C(F)(F)F)(c2ccc(F)cc2)c2ccc(C(C)(C)C)cc2)cc1. The second kappa shape index (κ2) is 10.9. The van der Waals surface area contributed by atoms with E-state index in [2.05, 4.69) is 0 Å². The summed E-state index contributed by atoms with van der Waals surface area (Å²) in [6.07, 6.45) is -10.5. The molecule has 3 aromatic carbocycles. The summed E-state index contributed by atoms with van der Waals surface area (Å²) in [6, 6.07) is 16.5.